The van der Waals surface area contributed by atoms with Crippen LogP contribution in [0, 0.1) is 0 Å². The van der Waals surface area contributed by atoms with E-state index in [2.05, 4.69) is 46.4 Å². The topological polar surface area (TPSA) is 21.3 Å². The second-order valence-electron chi connectivity index (χ2n) is 4.89. The lowest BCUT2D eigenvalue weighted by Gasteiger charge is -2.11. The van der Waals surface area contributed by atoms with Crippen molar-refractivity contribution in [3.05, 3.63) is 28.2 Å². The highest BCUT2D eigenvalue weighted by Crippen LogP contribution is 2.30. The molecular weight excluding hydrogens is 322 g/mol. The van der Waals surface area contributed by atoms with Gasteiger partial charge in [0.05, 0.1) is 6.10 Å². The largest absolute Gasteiger partial charge is 0.377 e. The molecule has 19 heavy (non-hydrogen) atoms. The molecule has 1 atom stereocenters. The SMILES string of the molecule is CCCNCc1ccc(SCC2CCCO2)c(Br)c1. The van der Waals surface area contributed by atoms with Gasteiger partial charge in [-0.1, -0.05) is 13.0 Å². The molecule has 1 heterocycles. The van der Waals surface area contributed by atoms with E-state index >= 15 is 0 Å². The maximum atomic E-state index is 5.66. The number of benzene rings is 1. The molecule has 106 valence electrons. The lowest BCUT2D eigenvalue weighted by Crippen LogP contribution is -2.13. The quantitative estimate of drug-likeness (QED) is 0.591. The van der Waals surface area contributed by atoms with Crippen LogP contribution in [0.25, 0.3) is 0 Å². The van der Waals surface area contributed by atoms with Crippen LogP contribution in [0.15, 0.2) is 27.6 Å². The lowest BCUT2D eigenvalue weighted by molar-refractivity contribution is 0.129. The van der Waals surface area contributed by atoms with Gasteiger partial charge in [0.25, 0.3) is 0 Å². The predicted molar refractivity (Wildman–Crippen MR) is 85.8 cm³/mol. The minimum atomic E-state index is 0.447. The van der Waals surface area contributed by atoms with Crippen molar-refractivity contribution >= 4 is 27.7 Å². The predicted octanol–water partition coefficient (Wildman–Crippen LogP) is 4.22. The lowest BCUT2D eigenvalue weighted by atomic mass is 10.2. The average molecular weight is 344 g/mol. The van der Waals surface area contributed by atoms with Gasteiger partial charge in [0.2, 0.25) is 0 Å². The van der Waals surface area contributed by atoms with Crippen molar-refractivity contribution < 1.29 is 4.74 Å². The van der Waals surface area contributed by atoms with E-state index in [0.717, 1.165) is 25.4 Å². The Balaban J connectivity index is 1.83. The molecule has 1 saturated heterocycles. The Kier molecular flexibility index (Phi) is 6.71. The van der Waals surface area contributed by atoms with Gasteiger partial charge in [-0.3, -0.25) is 0 Å². The van der Waals surface area contributed by atoms with Gasteiger partial charge in [0.15, 0.2) is 0 Å². The molecule has 0 spiro atoms. The summed E-state index contributed by atoms with van der Waals surface area (Å²) in [6.07, 6.45) is 4.05. The van der Waals surface area contributed by atoms with Crippen molar-refractivity contribution in [3.8, 4) is 0 Å². The minimum absolute atomic E-state index is 0.447. The first-order valence-electron chi connectivity index (χ1n) is 7.03. The number of thioether (sulfide) groups is 1. The molecule has 0 radical (unpaired) electrons. The van der Waals surface area contributed by atoms with Gasteiger partial charge in [-0.15, -0.1) is 11.8 Å². The molecule has 0 saturated carbocycles. The molecular formula is C15H22BrNOS. The number of halogens is 1. The molecule has 1 fully saturated rings. The van der Waals surface area contributed by atoms with Crippen LogP contribution < -0.4 is 5.32 Å². The number of hydrogen-bond donors (Lipinski definition) is 1. The molecule has 1 unspecified atom stereocenters. The molecule has 1 aliphatic rings. The number of ether oxygens (including phenoxy) is 1. The van der Waals surface area contributed by atoms with Gasteiger partial charge in [0.1, 0.15) is 0 Å². The van der Waals surface area contributed by atoms with Crippen LogP contribution in [0.4, 0.5) is 0 Å². The van der Waals surface area contributed by atoms with Crippen molar-refractivity contribution in [2.45, 2.75) is 43.7 Å². The van der Waals surface area contributed by atoms with Gasteiger partial charge in [0, 0.05) is 28.3 Å². The first kappa shape index (κ1) is 15.4. The summed E-state index contributed by atoms with van der Waals surface area (Å²) in [5.41, 5.74) is 1.33. The fraction of sp³-hybridized carbons (Fsp3) is 0.600. The number of rotatable bonds is 7. The van der Waals surface area contributed by atoms with Crippen LogP contribution in [0.3, 0.4) is 0 Å². The minimum Gasteiger partial charge on any atom is -0.377 e. The van der Waals surface area contributed by atoms with E-state index in [4.69, 9.17) is 4.74 Å². The fourth-order valence-electron chi connectivity index (χ4n) is 2.14. The van der Waals surface area contributed by atoms with Crippen molar-refractivity contribution in [2.75, 3.05) is 18.9 Å². The highest BCUT2D eigenvalue weighted by molar-refractivity contribution is 9.10. The molecule has 4 heteroatoms. The average Bonchev–Trinajstić information content (AvgIpc) is 2.91. The zero-order chi connectivity index (χ0) is 13.5. The van der Waals surface area contributed by atoms with E-state index in [0.29, 0.717) is 6.10 Å². The molecule has 0 amide bonds. The first-order valence-corrected chi connectivity index (χ1v) is 8.81. The summed E-state index contributed by atoms with van der Waals surface area (Å²) < 4.78 is 6.86. The standard InChI is InChI=1S/C15H22BrNOS/c1-2-7-17-10-12-5-6-15(14(16)9-12)19-11-13-4-3-8-18-13/h5-6,9,13,17H,2-4,7-8,10-11H2,1H3. The molecule has 2 rings (SSSR count). The Morgan fingerprint density at radius 3 is 3.05 bits per heavy atom. The Morgan fingerprint density at radius 1 is 1.47 bits per heavy atom. The van der Waals surface area contributed by atoms with Gasteiger partial charge in [-0.25, -0.2) is 0 Å². The second kappa shape index (κ2) is 8.30. The molecule has 1 aromatic carbocycles. The highest BCUT2D eigenvalue weighted by Gasteiger charge is 2.16. The van der Waals surface area contributed by atoms with E-state index in [1.165, 1.54) is 34.2 Å². The summed E-state index contributed by atoms with van der Waals surface area (Å²) >= 11 is 5.57. The summed E-state index contributed by atoms with van der Waals surface area (Å²) in [7, 11) is 0. The third kappa shape index (κ3) is 5.10. The van der Waals surface area contributed by atoms with Crippen molar-refractivity contribution in [3.63, 3.8) is 0 Å². The Hall–Kier alpha value is -0.0300. The van der Waals surface area contributed by atoms with E-state index in [-0.39, 0.29) is 0 Å². The van der Waals surface area contributed by atoms with E-state index in [1.54, 1.807) is 0 Å². The van der Waals surface area contributed by atoms with Crippen molar-refractivity contribution in [1.29, 1.82) is 0 Å². The smallest absolute Gasteiger partial charge is 0.0669 e. The molecule has 0 bridgehead atoms. The zero-order valence-corrected chi connectivity index (χ0v) is 13.9. The summed E-state index contributed by atoms with van der Waals surface area (Å²) in [5.74, 6) is 1.06. The summed E-state index contributed by atoms with van der Waals surface area (Å²) in [5, 5.41) is 3.43. The van der Waals surface area contributed by atoms with Crippen LogP contribution in [0.1, 0.15) is 31.7 Å². The third-order valence-corrected chi connectivity index (χ3v) is 5.32. The van der Waals surface area contributed by atoms with E-state index in [9.17, 15) is 0 Å². The van der Waals surface area contributed by atoms with Crippen molar-refractivity contribution in [1.82, 2.24) is 5.32 Å². The molecule has 1 aromatic rings. The van der Waals surface area contributed by atoms with Gasteiger partial charge in [-0.05, 0) is 59.4 Å². The molecule has 0 aliphatic carbocycles. The Morgan fingerprint density at radius 2 is 2.37 bits per heavy atom. The van der Waals surface area contributed by atoms with E-state index < -0.39 is 0 Å². The number of hydrogen-bond acceptors (Lipinski definition) is 3. The summed E-state index contributed by atoms with van der Waals surface area (Å²) in [6, 6.07) is 6.65. The van der Waals surface area contributed by atoms with Gasteiger partial charge >= 0.3 is 0 Å². The zero-order valence-electron chi connectivity index (χ0n) is 11.5. The molecule has 1 N–H and O–H groups in total. The summed E-state index contributed by atoms with van der Waals surface area (Å²) in [4.78, 5) is 1.31. The number of nitrogens with one attached hydrogen (secondary N) is 1. The monoisotopic (exact) mass is 343 g/mol. The molecule has 0 aromatic heterocycles. The highest BCUT2D eigenvalue weighted by atomic mass is 79.9. The maximum Gasteiger partial charge on any atom is 0.0669 e. The van der Waals surface area contributed by atoms with Gasteiger partial charge < -0.3 is 10.1 Å². The second-order valence-corrected chi connectivity index (χ2v) is 6.80. The third-order valence-electron chi connectivity index (χ3n) is 3.20. The summed E-state index contributed by atoms with van der Waals surface area (Å²) in [6.45, 7) is 5.15. The van der Waals surface area contributed by atoms with Crippen LogP contribution in [-0.4, -0.2) is 25.0 Å². The van der Waals surface area contributed by atoms with E-state index in [1.807, 2.05) is 11.8 Å². The van der Waals surface area contributed by atoms with Crippen LogP contribution in [-0.2, 0) is 11.3 Å². The Labute approximate surface area is 128 Å². The normalized spacial score (nSPS) is 18.9. The maximum absolute atomic E-state index is 5.66. The Bertz CT molecular complexity index is 394. The molecule has 2 nitrogen and oxygen atoms in total. The fourth-order valence-corrected chi connectivity index (χ4v) is 3.90. The van der Waals surface area contributed by atoms with Crippen molar-refractivity contribution in [2.24, 2.45) is 0 Å². The molecule has 1 aliphatic heterocycles. The first-order chi connectivity index (χ1) is 9.29. The van der Waals surface area contributed by atoms with Crippen LogP contribution in [0.5, 0.6) is 0 Å². The van der Waals surface area contributed by atoms with Crippen LogP contribution in [0.2, 0.25) is 0 Å². The van der Waals surface area contributed by atoms with Crippen LogP contribution >= 0.6 is 27.7 Å². The van der Waals surface area contributed by atoms with Gasteiger partial charge in [-0.2, -0.15) is 0 Å².